The molecule has 0 bridgehead atoms. The van der Waals surface area contributed by atoms with Crippen molar-refractivity contribution in [2.24, 2.45) is 0 Å². The van der Waals surface area contributed by atoms with E-state index in [1.807, 2.05) is 6.07 Å². The quantitative estimate of drug-likeness (QED) is 0.452. The molecule has 2 rings (SSSR count). The molecule has 18 heavy (non-hydrogen) atoms. The number of nitro groups is 1. The van der Waals surface area contributed by atoms with E-state index in [4.69, 9.17) is 5.26 Å². The van der Waals surface area contributed by atoms with Crippen molar-refractivity contribution >= 4 is 11.4 Å². The normalized spacial score (nSPS) is 13.9. The van der Waals surface area contributed by atoms with Gasteiger partial charge in [-0.25, -0.2) is 0 Å². The van der Waals surface area contributed by atoms with Gasteiger partial charge in [0.15, 0.2) is 0 Å². The summed E-state index contributed by atoms with van der Waals surface area (Å²) in [7, 11) is 0. The van der Waals surface area contributed by atoms with E-state index >= 15 is 0 Å². The molecule has 0 aliphatic heterocycles. The first-order chi connectivity index (χ1) is 8.70. The maximum absolute atomic E-state index is 10.7. The van der Waals surface area contributed by atoms with Crippen molar-refractivity contribution in [3.8, 4) is 6.07 Å². The SMILES string of the molecule is N#Cc1cc(NCCNC2CC2)ccc1[N+](=O)[O-]. The first kappa shape index (κ1) is 12.3. The summed E-state index contributed by atoms with van der Waals surface area (Å²) in [5.41, 5.74) is 0.661. The average Bonchev–Trinajstić information content (AvgIpc) is 3.18. The summed E-state index contributed by atoms with van der Waals surface area (Å²) in [6.45, 7) is 1.59. The Bertz CT molecular complexity index is 491. The molecule has 0 saturated heterocycles. The smallest absolute Gasteiger partial charge is 0.287 e. The molecular weight excluding hydrogens is 232 g/mol. The molecule has 94 valence electrons. The van der Waals surface area contributed by atoms with E-state index in [1.165, 1.54) is 25.0 Å². The zero-order valence-electron chi connectivity index (χ0n) is 9.85. The van der Waals surface area contributed by atoms with Gasteiger partial charge < -0.3 is 10.6 Å². The first-order valence-corrected chi connectivity index (χ1v) is 5.86. The molecule has 0 heterocycles. The fourth-order valence-electron chi connectivity index (χ4n) is 1.67. The molecule has 0 atom stereocenters. The zero-order chi connectivity index (χ0) is 13.0. The second kappa shape index (κ2) is 5.47. The minimum absolute atomic E-state index is 0.0835. The third-order valence-electron chi connectivity index (χ3n) is 2.78. The van der Waals surface area contributed by atoms with Gasteiger partial charge in [-0.2, -0.15) is 5.26 Å². The Labute approximate surface area is 105 Å². The lowest BCUT2D eigenvalue weighted by atomic mass is 10.2. The molecule has 1 aliphatic carbocycles. The number of anilines is 1. The van der Waals surface area contributed by atoms with Gasteiger partial charge in [0.1, 0.15) is 11.6 Å². The summed E-state index contributed by atoms with van der Waals surface area (Å²) in [6.07, 6.45) is 2.49. The summed E-state index contributed by atoms with van der Waals surface area (Å²) in [6, 6.07) is 6.99. The number of nitrogens with one attached hydrogen (secondary N) is 2. The van der Waals surface area contributed by atoms with E-state index in [9.17, 15) is 10.1 Å². The Hall–Kier alpha value is -2.13. The van der Waals surface area contributed by atoms with E-state index in [1.54, 1.807) is 6.07 Å². The molecule has 1 saturated carbocycles. The number of nitro benzene ring substituents is 1. The van der Waals surface area contributed by atoms with Crippen molar-refractivity contribution in [1.82, 2.24) is 5.32 Å². The van der Waals surface area contributed by atoms with Crippen LogP contribution in [0.4, 0.5) is 11.4 Å². The van der Waals surface area contributed by atoms with Crippen LogP contribution in [0.1, 0.15) is 18.4 Å². The van der Waals surface area contributed by atoms with Crippen LogP contribution in [0.2, 0.25) is 0 Å². The van der Waals surface area contributed by atoms with Gasteiger partial charge in [-0.3, -0.25) is 10.1 Å². The Balaban J connectivity index is 1.92. The van der Waals surface area contributed by atoms with Gasteiger partial charge in [-0.1, -0.05) is 0 Å². The lowest BCUT2D eigenvalue weighted by Crippen LogP contribution is -2.23. The Kier molecular flexibility index (Phi) is 3.75. The average molecular weight is 246 g/mol. The maximum Gasteiger partial charge on any atom is 0.287 e. The largest absolute Gasteiger partial charge is 0.384 e. The minimum Gasteiger partial charge on any atom is -0.384 e. The fraction of sp³-hybridized carbons (Fsp3) is 0.417. The second-order valence-corrected chi connectivity index (χ2v) is 4.26. The Morgan fingerprint density at radius 3 is 2.83 bits per heavy atom. The lowest BCUT2D eigenvalue weighted by molar-refractivity contribution is -0.385. The zero-order valence-corrected chi connectivity index (χ0v) is 9.85. The Morgan fingerprint density at radius 1 is 1.44 bits per heavy atom. The minimum atomic E-state index is -0.545. The molecule has 0 aromatic heterocycles. The van der Waals surface area contributed by atoms with E-state index in [2.05, 4.69) is 10.6 Å². The van der Waals surface area contributed by atoms with Crippen molar-refractivity contribution in [2.45, 2.75) is 18.9 Å². The highest BCUT2D eigenvalue weighted by atomic mass is 16.6. The monoisotopic (exact) mass is 246 g/mol. The molecular formula is C12H14N4O2. The highest BCUT2D eigenvalue weighted by Gasteiger charge is 2.19. The number of benzene rings is 1. The van der Waals surface area contributed by atoms with Crippen LogP contribution in [-0.2, 0) is 0 Å². The molecule has 6 nitrogen and oxygen atoms in total. The molecule has 0 amide bonds. The molecule has 0 spiro atoms. The van der Waals surface area contributed by atoms with Crippen LogP contribution in [0.25, 0.3) is 0 Å². The standard InChI is InChI=1S/C12H14N4O2/c13-8-9-7-11(3-4-12(9)16(17)18)15-6-5-14-10-1-2-10/h3-4,7,10,14-15H,1-2,5-6H2. The van der Waals surface area contributed by atoms with Crippen molar-refractivity contribution < 1.29 is 4.92 Å². The van der Waals surface area contributed by atoms with E-state index in [-0.39, 0.29) is 11.3 Å². The number of hydrogen-bond acceptors (Lipinski definition) is 5. The summed E-state index contributed by atoms with van der Waals surface area (Å²) in [5, 5.41) is 26.0. The van der Waals surface area contributed by atoms with Gasteiger partial charge in [0, 0.05) is 30.9 Å². The molecule has 1 aromatic carbocycles. The summed E-state index contributed by atoms with van der Waals surface area (Å²) in [5.74, 6) is 0. The molecule has 0 unspecified atom stereocenters. The van der Waals surface area contributed by atoms with Crippen LogP contribution in [-0.4, -0.2) is 24.1 Å². The van der Waals surface area contributed by atoms with Gasteiger partial charge in [0.2, 0.25) is 0 Å². The van der Waals surface area contributed by atoms with Crippen LogP contribution in [0.15, 0.2) is 18.2 Å². The predicted octanol–water partition coefficient (Wildman–Crippen LogP) is 1.63. The highest BCUT2D eigenvalue weighted by molar-refractivity contribution is 5.58. The molecule has 1 aromatic rings. The van der Waals surface area contributed by atoms with E-state index < -0.39 is 4.92 Å². The van der Waals surface area contributed by atoms with Crippen molar-refractivity contribution in [3.05, 3.63) is 33.9 Å². The second-order valence-electron chi connectivity index (χ2n) is 4.26. The van der Waals surface area contributed by atoms with Crippen LogP contribution in [0, 0.1) is 21.4 Å². The van der Waals surface area contributed by atoms with Crippen molar-refractivity contribution in [3.63, 3.8) is 0 Å². The molecule has 2 N–H and O–H groups in total. The van der Waals surface area contributed by atoms with Crippen LogP contribution in [0.5, 0.6) is 0 Å². The van der Waals surface area contributed by atoms with Crippen molar-refractivity contribution in [1.29, 1.82) is 5.26 Å². The lowest BCUT2D eigenvalue weighted by Gasteiger charge is -2.07. The predicted molar refractivity (Wildman–Crippen MR) is 67.3 cm³/mol. The van der Waals surface area contributed by atoms with Gasteiger partial charge in [-0.15, -0.1) is 0 Å². The fourth-order valence-corrected chi connectivity index (χ4v) is 1.67. The number of rotatable bonds is 6. The van der Waals surface area contributed by atoms with Gasteiger partial charge in [0.05, 0.1) is 4.92 Å². The van der Waals surface area contributed by atoms with Crippen molar-refractivity contribution in [2.75, 3.05) is 18.4 Å². The Morgan fingerprint density at radius 2 is 2.22 bits per heavy atom. The van der Waals surface area contributed by atoms with Crippen LogP contribution >= 0.6 is 0 Å². The third kappa shape index (κ3) is 3.18. The molecule has 6 heteroatoms. The highest BCUT2D eigenvalue weighted by Crippen LogP contribution is 2.21. The first-order valence-electron chi connectivity index (χ1n) is 5.86. The van der Waals surface area contributed by atoms with E-state index in [0.29, 0.717) is 6.04 Å². The number of nitriles is 1. The van der Waals surface area contributed by atoms with Gasteiger partial charge >= 0.3 is 0 Å². The number of nitrogens with zero attached hydrogens (tertiary/aromatic N) is 2. The summed E-state index contributed by atoms with van der Waals surface area (Å²) in [4.78, 5) is 10.1. The van der Waals surface area contributed by atoms with Crippen LogP contribution in [0.3, 0.4) is 0 Å². The number of hydrogen-bond donors (Lipinski definition) is 2. The third-order valence-corrected chi connectivity index (χ3v) is 2.78. The maximum atomic E-state index is 10.7. The molecule has 1 aliphatic rings. The molecule has 1 fully saturated rings. The van der Waals surface area contributed by atoms with Crippen LogP contribution < -0.4 is 10.6 Å². The van der Waals surface area contributed by atoms with E-state index in [0.717, 1.165) is 18.8 Å². The van der Waals surface area contributed by atoms with Gasteiger partial charge in [0.25, 0.3) is 5.69 Å². The molecule has 0 radical (unpaired) electrons. The summed E-state index contributed by atoms with van der Waals surface area (Å²) < 4.78 is 0. The van der Waals surface area contributed by atoms with Gasteiger partial charge in [-0.05, 0) is 25.0 Å². The topological polar surface area (TPSA) is 91.0 Å². The summed E-state index contributed by atoms with van der Waals surface area (Å²) >= 11 is 0.